The van der Waals surface area contributed by atoms with Crippen LogP contribution >= 0.6 is 11.8 Å². The fraction of sp³-hybridized carbons (Fsp3) is 0.533. The van der Waals surface area contributed by atoms with Crippen molar-refractivity contribution in [2.24, 2.45) is 0 Å². The van der Waals surface area contributed by atoms with Crippen LogP contribution in [-0.2, 0) is 0 Å². The molecule has 0 radical (unpaired) electrons. The molecule has 1 aliphatic rings. The Morgan fingerprint density at radius 1 is 1.19 bits per heavy atom. The van der Waals surface area contributed by atoms with E-state index in [0.29, 0.717) is 11.1 Å². The van der Waals surface area contributed by atoms with Gasteiger partial charge in [0.25, 0.3) is 5.22 Å². The van der Waals surface area contributed by atoms with Gasteiger partial charge in [0.15, 0.2) is 0 Å². The van der Waals surface area contributed by atoms with Crippen LogP contribution in [0.25, 0.3) is 0 Å². The van der Waals surface area contributed by atoms with Gasteiger partial charge >= 0.3 is 0 Å². The highest BCUT2D eigenvalue weighted by molar-refractivity contribution is 7.99. The Morgan fingerprint density at radius 3 is 2.52 bits per heavy atom. The molecule has 21 heavy (non-hydrogen) atoms. The minimum atomic E-state index is 0.524. The van der Waals surface area contributed by atoms with E-state index in [-0.39, 0.29) is 0 Å². The molecule has 0 bridgehead atoms. The summed E-state index contributed by atoms with van der Waals surface area (Å²) in [4.78, 5) is 13.8. The van der Waals surface area contributed by atoms with Gasteiger partial charge in [0.05, 0.1) is 5.69 Å². The van der Waals surface area contributed by atoms with Crippen LogP contribution in [0.15, 0.2) is 14.7 Å². The number of hydrogen-bond acceptors (Lipinski definition) is 6. The van der Waals surface area contributed by atoms with E-state index >= 15 is 0 Å². The molecule has 0 spiro atoms. The van der Waals surface area contributed by atoms with E-state index in [2.05, 4.69) is 22.2 Å². The lowest BCUT2D eigenvalue weighted by atomic mass is 10.3. The fourth-order valence-electron chi connectivity index (χ4n) is 2.05. The van der Waals surface area contributed by atoms with Crippen molar-refractivity contribution in [3.05, 3.63) is 22.8 Å². The predicted molar refractivity (Wildman–Crippen MR) is 83.0 cm³/mol. The van der Waals surface area contributed by atoms with Crippen LogP contribution in [0.1, 0.15) is 48.5 Å². The molecular weight excluding hydrogens is 284 g/mol. The molecule has 2 aromatic heterocycles. The Morgan fingerprint density at radius 2 is 1.95 bits per heavy atom. The first-order valence-corrected chi connectivity index (χ1v) is 8.14. The van der Waals surface area contributed by atoms with E-state index in [1.807, 2.05) is 20.8 Å². The number of aryl methyl sites for hydroxylation is 2. The van der Waals surface area contributed by atoms with Crippen molar-refractivity contribution < 1.29 is 4.42 Å². The molecule has 3 rings (SSSR count). The van der Waals surface area contributed by atoms with Gasteiger partial charge in [-0.25, -0.2) is 15.0 Å². The number of nitrogens with zero attached hydrogens (tertiary/aromatic N) is 3. The minimum Gasteiger partial charge on any atom is -0.436 e. The molecule has 0 amide bonds. The summed E-state index contributed by atoms with van der Waals surface area (Å²) in [7, 11) is 0. The van der Waals surface area contributed by atoms with Crippen molar-refractivity contribution in [1.82, 2.24) is 15.0 Å². The normalized spacial score (nSPS) is 14.5. The molecule has 1 saturated carbocycles. The number of nitrogens with one attached hydrogen (secondary N) is 1. The third-order valence-electron chi connectivity index (χ3n) is 3.60. The van der Waals surface area contributed by atoms with E-state index in [1.54, 1.807) is 0 Å². The standard InChI is InChI=1S/C15H20N4OS/c1-5-16-12-8(2)14(19-13(18-12)11-6-7-11)21-15-17-9(3)10(4)20-15/h11H,5-7H2,1-4H3,(H,16,18,19). The van der Waals surface area contributed by atoms with Crippen molar-refractivity contribution in [3.63, 3.8) is 0 Å². The largest absolute Gasteiger partial charge is 0.436 e. The second-order valence-electron chi connectivity index (χ2n) is 5.39. The zero-order valence-electron chi connectivity index (χ0n) is 12.9. The third-order valence-corrected chi connectivity index (χ3v) is 4.54. The van der Waals surface area contributed by atoms with Gasteiger partial charge in [-0.15, -0.1) is 0 Å². The molecule has 2 heterocycles. The zero-order valence-corrected chi connectivity index (χ0v) is 13.7. The molecule has 0 aliphatic heterocycles. The maximum absolute atomic E-state index is 5.66. The van der Waals surface area contributed by atoms with Crippen LogP contribution in [-0.4, -0.2) is 21.5 Å². The van der Waals surface area contributed by atoms with Crippen molar-refractivity contribution in [1.29, 1.82) is 0 Å². The Hall–Kier alpha value is -1.56. The molecule has 1 aliphatic carbocycles. The highest BCUT2D eigenvalue weighted by Crippen LogP contribution is 2.40. The van der Waals surface area contributed by atoms with Gasteiger partial charge in [0, 0.05) is 18.0 Å². The summed E-state index contributed by atoms with van der Waals surface area (Å²) in [5.74, 6) is 3.25. The minimum absolute atomic E-state index is 0.524. The first-order chi connectivity index (χ1) is 10.1. The summed E-state index contributed by atoms with van der Waals surface area (Å²) >= 11 is 1.48. The lowest BCUT2D eigenvalue weighted by Crippen LogP contribution is -2.07. The van der Waals surface area contributed by atoms with E-state index in [9.17, 15) is 0 Å². The molecule has 0 atom stereocenters. The smallest absolute Gasteiger partial charge is 0.262 e. The van der Waals surface area contributed by atoms with Crippen LogP contribution in [0, 0.1) is 20.8 Å². The molecule has 1 N–H and O–H groups in total. The molecule has 112 valence electrons. The van der Waals surface area contributed by atoms with Crippen LogP contribution in [0.3, 0.4) is 0 Å². The number of rotatable bonds is 5. The summed E-state index contributed by atoms with van der Waals surface area (Å²) in [6, 6.07) is 0. The SMILES string of the molecule is CCNc1nc(C2CC2)nc(Sc2nc(C)c(C)o2)c1C. The Kier molecular flexibility index (Phi) is 3.89. The van der Waals surface area contributed by atoms with Crippen molar-refractivity contribution in [2.75, 3.05) is 11.9 Å². The van der Waals surface area contributed by atoms with Crippen molar-refractivity contribution in [2.45, 2.75) is 56.7 Å². The summed E-state index contributed by atoms with van der Waals surface area (Å²) in [5, 5.41) is 4.91. The van der Waals surface area contributed by atoms with Crippen molar-refractivity contribution in [3.8, 4) is 0 Å². The molecule has 0 aromatic carbocycles. The summed E-state index contributed by atoms with van der Waals surface area (Å²) in [5.41, 5.74) is 1.98. The highest BCUT2D eigenvalue weighted by atomic mass is 32.2. The number of aromatic nitrogens is 3. The third kappa shape index (κ3) is 3.05. The lowest BCUT2D eigenvalue weighted by Gasteiger charge is -2.11. The predicted octanol–water partition coefficient (Wildman–Crippen LogP) is 3.85. The Labute approximate surface area is 129 Å². The molecule has 5 nitrogen and oxygen atoms in total. The summed E-state index contributed by atoms with van der Waals surface area (Å²) < 4.78 is 5.66. The lowest BCUT2D eigenvalue weighted by molar-refractivity contribution is 0.431. The molecule has 0 unspecified atom stereocenters. The molecular formula is C15H20N4OS. The number of anilines is 1. The topological polar surface area (TPSA) is 63.8 Å². The monoisotopic (exact) mass is 304 g/mol. The fourth-order valence-corrected chi connectivity index (χ4v) is 2.95. The van der Waals surface area contributed by atoms with Gasteiger partial charge in [-0.3, -0.25) is 0 Å². The molecule has 6 heteroatoms. The first kappa shape index (κ1) is 14.4. The van der Waals surface area contributed by atoms with Gasteiger partial charge in [-0.2, -0.15) is 0 Å². The first-order valence-electron chi connectivity index (χ1n) is 7.32. The van der Waals surface area contributed by atoms with E-state index in [0.717, 1.165) is 40.2 Å². The Balaban J connectivity index is 1.95. The summed E-state index contributed by atoms with van der Waals surface area (Å²) in [6.45, 7) is 8.85. The highest BCUT2D eigenvalue weighted by Gasteiger charge is 2.28. The van der Waals surface area contributed by atoms with Crippen LogP contribution in [0.5, 0.6) is 0 Å². The second-order valence-corrected chi connectivity index (χ2v) is 6.33. The van der Waals surface area contributed by atoms with Gasteiger partial charge in [0.2, 0.25) is 0 Å². The van der Waals surface area contributed by atoms with E-state index in [1.165, 1.54) is 24.6 Å². The van der Waals surface area contributed by atoms with Gasteiger partial charge in [-0.1, -0.05) is 0 Å². The van der Waals surface area contributed by atoms with Crippen LogP contribution in [0.2, 0.25) is 0 Å². The average Bonchev–Trinajstić information content (AvgIpc) is 3.23. The van der Waals surface area contributed by atoms with Crippen molar-refractivity contribution >= 4 is 17.6 Å². The number of hydrogen-bond donors (Lipinski definition) is 1. The molecule has 0 saturated heterocycles. The number of oxazole rings is 1. The maximum atomic E-state index is 5.66. The van der Waals surface area contributed by atoms with Gasteiger partial charge in [-0.05, 0) is 52.3 Å². The van der Waals surface area contributed by atoms with E-state index < -0.39 is 0 Å². The quantitative estimate of drug-likeness (QED) is 0.846. The molecule has 2 aromatic rings. The maximum Gasteiger partial charge on any atom is 0.262 e. The van der Waals surface area contributed by atoms with Crippen LogP contribution in [0.4, 0.5) is 5.82 Å². The van der Waals surface area contributed by atoms with Gasteiger partial charge < -0.3 is 9.73 Å². The van der Waals surface area contributed by atoms with Crippen LogP contribution < -0.4 is 5.32 Å². The zero-order chi connectivity index (χ0) is 15.0. The summed E-state index contributed by atoms with van der Waals surface area (Å²) in [6.07, 6.45) is 2.38. The molecule has 1 fully saturated rings. The second kappa shape index (κ2) is 5.67. The van der Waals surface area contributed by atoms with E-state index in [4.69, 9.17) is 9.40 Å². The van der Waals surface area contributed by atoms with Gasteiger partial charge in [0.1, 0.15) is 22.4 Å². The average molecular weight is 304 g/mol. The Bertz CT molecular complexity index is 644.